The van der Waals surface area contributed by atoms with E-state index in [0.717, 1.165) is 0 Å². The lowest BCUT2D eigenvalue weighted by molar-refractivity contribution is -0.114. The summed E-state index contributed by atoms with van der Waals surface area (Å²) < 4.78 is 0. The molecule has 0 fully saturated rings. The fourth-order valence-electron chi connectivity index (χ4n) is 0.277. The van der Waals surface area contributed by atoms with Gasteiger partial charge in [-0.3, -0.25) is 4.79 Å². The molecular formula is C4H8ClNO2. The molecule has 0 aromatic rings. The Morgan fingerprint density at radius 3 is 2.50 bits per heavy atom. The number of aliphatic hydroxyl groups is 1. The predicted octanol–water partition coefficient (Wildman–Crippen LogP) is -0.668. The van der Waals surface area contributed by atoms with Crippen LogP contribution in [0.3, 0.4) is 0 Å². The molecule has 0 amide bonds. The minimum absolute atomic E-state index is 0.251. The van der Waals surface area contributed by atoms with Gasteiger partial charge in [0.2, 0.25) is 5.24 Å². The molecule has 0 rings (SSSR count). The Kier molecular flexibility index (Phi) is 3.77. The first-order valence-electron chi connectivity index (χ1n) is 2.19. The molecule has 8 heavy (non-hydrogen) atoms. The molecule has 0 unspecified atom stereocenters. The normalized spacial score (nSPS) is 13.4. The van der Waals surface area contributed by atoms with Gasteiger partial charge in [0.1, 0.15) is 6.04 Å². The minimum atomic E-state index is -0.614. The van der Waals surface area contributed by atoms with E-state index in [1.54, 1.807) is 7.05 Å². The summed E-state index contributed by atoms with van der Waals surface area (Å²) >= 11 is 4.98. The van der Waals surface area contributed by atoms with Crippen LogP contribution in [0.4, 0.5) is 0 Å². The number of aliphatic hydroxyl groups excluding tert-OH is 1. The molecule has 3 nitrogen and oxygen atoms in total. The Hall–Kier alpha value is -0.120. The van der Waals surface area contributed by atoms with Crippen LogP contribution < -0.4 is 5.32 Å². The molecule has 0 radical (unpaired) electrons. The van der Waals surface area contributed by atoms with Crippen molar-refractivity contribution in [2.75, 3.05) is 13.7 Å². The van der Waals surface area contributed by atoms with Crippen molar-refractivity contribution < 1.29 is 9.90 Å². The van der Waals surface area contributed by atoms with Crippen LogP contribution in [-0.2, 0) is 4.79 Å². The van der Waals surface area contributed by atoms with E-state index in [0.29, 0.717) is 0 Å². The Labute approximate surface area is 52.6 Å². The molecule has 2 N–H and O–H groups in total. The molecule has 0 aliphatic rings. The first-order chi connectivity index (χ1) is 3.72. The maximum absolute atomic E-state index is 10.1. The summed E-state index contributed by atoms with van der Waals surface area (Å²) in [6, 6.07) is -0.614. The zero-order valence-electron chi connectivity index (χ0n) is 4.52. The first kappa shape index (κ1) is 7.88. The van der Waals surface area contributed by atoms with Crippen LogP contribution in [0.2, 0.25) is 0 Å². The van der Waals surface area contributed by atoms with Crippen molar-refractivity contribution in [1.29, 1.82) is 0 Å². The average molecular weight is 138 g/mol. The standard InChI is InChI=1S/C4H8ClNO2/c1-6-3(2-7)4(5)8/h3,6-7H,2H2,1H3/t3-/m0/s1. The van der Waals surface area contributed by atoms with Crippen LogP contribution in [0.1, 0.15) is 0 Å². The number of carbonyl (C=O) groups is 1. The van der Waals surface area contributed by atoms with Gasteiger partial charge < -0.3 is 10.4 Å². The molecule has 0 bridgehead atoms. The topological polar surface area (TPSA) is 49.3 Å². The zero-order chi connectivity index (χ0) is 6.57. The summed E-state index contributed by atoms with van der Waals surface area (Å²) in [5, 5.41) is 10.3. The lowest BCUT2D eigenvalue weighted by Crippen LogP contribution is -2.34. The molecule has 48 valence electrons. The largest absolute Gasteiger partial charge is 0.394 e. The summed E-state index contributed by atoms with van der Waals surface area (Å²) in [6.07, 6.45) is 0. The molecule has 0 saturated heterocycles. The van der Waals surface area contributed by atoms with Crippen LogP contribution in [0, 0.1) is 0 Å². The van der Waals surface area contributed by atoms with Crippen LogP contribution in [-0.4, -0.2) is 30.0 Å². The highest BCUT2D eigenvalue weighted by molar-refractivity contribution is 6.64. The third kappa shape index (κ3) is 2.26. The number of hydrogen-bond acceptors (Lipinski definition) is 3. The fourth-order valence-corrected chi connectivity index (χ4v) is 0.455. The van der Waals surface area contributed by atoms with Crippen LogP contribution in [0.15, 0.2) is 0 Å². The third-order valence-corrected chi connectivity index (χ3v) is 1.07. The maximum atomic E-state index is 10.1. The Bertz CT molecular complexity index is 82.1. The fraction of sp³-hybridized carbons (Fsp3) is 0.750. The highest BCUT2D eigenvalue weighted by Gasteiger charge is 2.10. The summed E-state index contributed by atoms with van der Waals surface area (Å²) in [6.45, 7) is -0.251. The molecule has 0 heterocycles. The van der Waals surface area contributed by atoms with E-state index in [-0.39, 0.29) is 6.61 Å². The summed E-state index contributed by atoms with van der Waals surface area (Å²) in [5.41, 5.74) is 0. The van der Waals surface area contributed by atoms with E-state index < -0.39 is 11.3 Å². The van der Waals surface area contributed by atoms with Gasteiger partial charge in [0.25, 0.3) is 0 Å². The van der Waals surface area contributed by atoms with Crippen molar-refractivity contribution >= 4 is 16.8 Å². The maximum Gasteiger partial charge on any atom is 0.240 e. The molecular weight excluding hydrogens is 130 g/mol. The van der Waals surface area contributed by atoms with Gasteiger partial charge in [0, 0.05) is 0 Å². The molecule has 0 saturated carbocycles. The van der Waals surface area contributed by atoms with Crippen molar-refractivity contribution in [2.45, 2.75) is 6.04 Å². The van der Waals surface area contributed by atoms with Gasteiger partial charge in [-0.2, -0.15) is 0 Å². The van der Waals surface area contributed by atoms with Gasteiger partial charge in [0.15, 0.2) is 0 Å². The van der Waals surface area contributed by atoms with Crippen molar-refractivity contribution in [1.82, 2.24) is 5.32 Å². The molecule has 0 aliphatic heterocycles. The van der Waals surface area contributed by atoms with Crippen LogP contribution >= 0.6 is 11.6 Å². The molecule has 0 aliphatic carbocycles. The van der Waals surface area contributed by atoms with Gasteiger partial charge in [-0.15, -0.1) is 0 Å². The van der Waals surface area contributed by atoms with Crippen LogP contribution in [0.5, 0.6) is 0 Å². The van der Waals surface area contributed by atoms with E-state index in [2.05, 4.69) is 5.32 Å². The smallest absolute Gasteiger partial charge is 0.240 e. The Balaban J connectivity index is 3.52. The Morgan fingerprint density at radius 2 is 2.50 bits per heavy atom. The van der Waals surface area contributed by atoms with E-state index >= 15 is 0 Å². The Morgan fingerprint density at radius 1 is 2.00 bits per heavy atom. The van der Waals surface area contributed by atoms with Crippen molar-refractivity contribution in [3.8, 4) is 0 Å². The van der Waals surface area contributed by atoms with Crippen LogP contribution in [0.25, 0.3) is 0 Å². The molecule has 4 heteroatoms. The highest BCUT2D eigenvalue weighted by Crippen LogP contribution is 1.87. The number of likely N-dealkylation sites (N-methyl/N-ethyl adjacent to an activating group) is 1. The summed E-state index contributed by atoms with van der Waals surface area (Å²) in [7, 11) is 1.56. The summed E-state index contributed by atoms with van der Waals surface area (Å²) in [5.74, 6) is 0. The number of rotatable bonds is 3. The second-order valence-corrected chi connectivity index (χ2v) is 1.70. The lowest BCUT2D eigenvalue weighted by atomic mass is 10.4. The molecule has 0 spiro atoms. The van der Waals surface area contributed by atoms with Crippen molar-refractivity contribution in [2.24, 2.45) is 0 Å². The van der Waals surface area contributed by atoms with E-state index in [4.69, 9.17) is 16.7 Å². The van der Waals surface area contributed by atoms with Gasteiger partial charge in [0.05, 0.1) is 6.61 Å². The van der Waals surface area contributed by atoms with E-state index in [9.17, 15) is 4.79 Å². The average Bonchev–Trinajstić information content (AvgIpc) is 1.69. The SMILES string of the molecule is CN[C@@H](CO)C(=O)Cl. The quantitative estimate of drug-likeness (QED) is 0.508. The number of halogens is 1. The van der Waals surface area contributed by atoms with Gasteiger partial charge in [-0.1, -0.05) is 0 Å². The van der Waals surface area contributed by atoms with Crippen molar-refractivity contribution in [3.63, 3.8) is 0 Å². The van der Waals surface area contributed by atoms with Crippen molar-refractivity contribution in [3.05, 3.63) is 0 Å². The number of nitrogens with one attached hydrogen (secondary N) is 1. The number of carbonyl (C=O) groups excluding carboxylic acids is 1. The minimum Gasteiger partial charge on any atom is -0.394 e. The van der Waals surface area contributed by atoms with E-state index in [1.165, 1.54) is 0 Å². The molecule has 1 atom stereocenters. The zero-order valence-corrected chi connectivity index (χ0v) is 5.27. The second-order valence-electron chi connectivity index (χ2n) is 1.33. The highest BCUT2D eigenvalue weighted by atomic mass is 35.5. The third-order valence-electron chi connectivity index (χ3n) is 0.805. The van der Waals surface area contributed by atoms with E-state index in [1.807, 2.05) is 0 Å². The molecule has 0 aromatic carbocycles. The van der Waals surface area contributed by atoms with Gasteiger partial charge >= 0.3 is 0 Å². The lowest BCUT2D eigenvalue weighted by Gasteiger charge is -2.04. The van der Waals surface area contributed by atoms with Gasteiger partial charge in [-0.05, 0) is 18.6 Å². The molecule has 0 aromatic heterocycles. The predicted molar refractivity (Wildman–Crippen MR) is 30.8 cm³/mol. The monoisotopic (exact) mass is 137 g/mol. The second kappa shape index (κ2) is 3.83. The number of hydrogen-bond donors (Lipinski definition) is 2. The summed E-state index contributed by atoms with van der Waals surface area (Å²) in [4.78, 5) is 10.1. The van der Waals surface area contributed by atoms with Gasteiger partial charge in [-0.25, -0.2) is 0 Å². The first-order valence-corrected chi connectivity index (χ1v) is 2.57.